The third-order valence-electron chi connectivity index (χ3n) is 1.05. The predicted molar refractivity (Wildman–Crippen MR) is 40.7 cm³/mol. The molecule has 0 aliphatic heterocycles. The largest absolute Gasteiger partial charge is 0.285 e. The molecule has 0 heterocycles. The molecule has 0 spiro atoms. The van der Waals surface area contributed by atoms with E-state index in [4.69, 9.17) is 4.55 Å². The van der Waals surface area contributed by atoms with E-state index in [9.17, 15) is 16.8 Å². The quantitative estimate of drug-likeness (QED) is 0.612. The Labute approximate surface area is 66.1 Å². The average Bonchev–Trinajstić information content (AvgIpc) is 1.56. The van der Waals surface area contributed by atoms with E-state index in [2.05, 4.69) is 0 Å². The third-order valence-corrected chi connectivity index (χ3v) is 3.55. The monoisotopic (exact) mass is 202 g/mol. The van der Waals surface area contributed by atoms with Gasteiger partial charge in [-0.25, -0.2) is 8.42 Å². The number of hydrogen-bond donors (Lipinski definition) is 1. The molecule has 0 saturated carbocycles. The van der Waals surface area contributed by atoms with Crippen LogP contribution in [-0.4, -0.2) is 38.6 Å². The smallest absolute Gasteiger partial charge is 0.268 e. The van der Waals surface area contributed by atoms with Gasteiger partial charge in [0.25, 0.3) is 10.1 Å². The van der Waals surface area contributed by atoms with E-state index >= 15 is 0 Å². The summed E-state index contributed by atoms with van der Waals surface area (Å²) in [5, 5.41) is -1.25. The van der Waals surface area contributed by atoms with Gasteiger partial charge in [-0.2, -0.15) is 8.42 Å². The zero-order valence-corrected chi connectivity index (χ0v) is 7.81. The fourth-order valence-electron chi connectivity index (χ4n) is 0.512. The van der Waals surface area contributed by atoms with Crippen LogP contribution >= 0.6 is 0 Å². The van der Waals surface area contributed by atoms with Gasteiger partial charge in [-0.15, -0.1) is 0 Å². The second-order valence-corrected chi connectivity index (χ2v) is 6.44. The molecule has 1 N–H and O–H groups in total. The number of hydrogen-bond acceptors (Lipinski definition) is 4. The Balaban J connectivity index is 4.47. The van der Waals surface area contributed by atoms with Crippen molar-refractivity contribution >= 4 is 20.0 Å². The minimum atomic E-state index is -4.22. The van der Waals surface area contributed by atoms with Crippen LogP contribution in [0.4, 0.5) is 0 Å². The summed E-state index contributed by atoms with van der Waals surface area (Å²) in [6.07, 6.45) is 0.911. The van der Waals surface area contributed by atoms with Crippen LogP contribution in [0.25, 0.3) is 0 Å². The van der Waals surface area contributed by atoms with Crippen molar-refractivity contribution < 1.29 is 21.4 Å². The first-order valence-electron chi connectivity index (χ1n) is 2.77. The molecule has 0 aromatic rings. The summed E-state index contributed by atoms with van der Waals surface area (Å²) < 4.78 is 50.0. The number of rotatable bonds is 3. The summed E-state index contributed by atoms with van der Waals surface area (Å²) in [5.74, 6) is -0.550. The second-order valence-electron chi connectivity index (χ2n) is 2.42. The highest BCUT2D eigenvalue weighted by molar-refractivity contribution is 7.93. The maximum absolute atomic E-state index is 10.5. The molecule has 0 radical (unpaired) electrons. The highest BCUT2D eigenvalue weighted by atomic mass is 32.2. The molecular formula is C4H10O5S2. The Morgan fingerprint density at radius 3 is 1.73 bits per heavy atom. The van der Waals surface area contributed by atoms with Crippen LogP contribution in [0.5, 0.6) is 0 Å². The van der Waals surface area contributed by atoms with Gasteiger partial charge < -0.3 is 0 Å². The van der Waals surface area contributed by atoms with Gasteiger partial charge in [0.2, 0.25) is 0 Å². The summed E-state index contributed by atoms with van der Waals surface area (Å²) in [4.78, 5) is 0. The van der Waals surface area contributed by atoms with Crippen LogP contribution < -0.4 is 0 Å². The Bertz CT molecular complexity index is 310. The van der Waals surface area contributed by atoms with E-state index in [1.54, 1.807) is 0 Å². The predicted octanol–water partition coefficient (Wildman–Crippen LogP) is -0.693. The SMILES string of the molecule is C[C@@H](CS(C)(=O)=O)S(=O)(=O)O. The summed E-state index contributed by atoms with van der Waals surface area (Å²) >= 11 is 0. The molecule has 0 unspecified atom stereocenters. The zero-order chi connectivity index (χ0) is 9.28. The maximum atomic E-state index is 10.5. The zero-order valence-electron chi connectivity index (χ0n) is 6.18. The summed E-state index contributed by atoms with van der Waals surface area (Å²) in [6, 6.07) is 0. The molecule has 0 bridgehead atoms. The van der Waals surface area contributed by atoms with Crippen LogP contribution in [-0.2, 0) is 20.0 Å². The molecular weight excluding hydrogens is 192 g/mol. The van der Waals surface area contributed by atoms with Gasteiger partial charge in [0.1, 0.15) is 9.84 Å². The second kappa shape index (κ2) is 3.08. The maximum Gasteiger partial charge on any atom is 0.268 e. The highest BCUT2D eigenvalue weighted by Gasteiger charge is 2.21. The molecule has 11 heavy (non-hydrogen) atoms. The van der Waals surface area contributed by atoms with E-state index in [1.165, 1.54) is 0 Å². The van der Waals surface area contributed by atoms with Crippen molar-refractivity contribution in [2.75, 3.05) is 12.0 Å². The van der Waals surface area contributed by atoms with Gasteiger partial charge in [0.15, 0.2) is 0 Å². The lowest BCUT2D eigenvalue weighted by molar-refractivity contribution is 0.473. The van der Waals surface area contributed by atoms with Crippen LogP contribution in [0, 0.1) is 0 Å². The first-order chi connectivity index (χ1) is 4.63. The Morgan fingerprint density at radius 2 is 1.64 bits per heavy atom. The van der Waals surface area contributed by atoms with Gasteiger partial charge in [-0.05, 0) is 6.92 Å². The average molecular weight is 202 g/mol. The Morgan fingerprint density at radius 1 is 1.27 bits per heavy atom. The fourth-order valence-corrected chi connectivity index (χ4v) is 2.79. The first kappa shape index (κ1) is 10.9. The fraction of sp³-hybridized carbons (Fsp3) is 1.00. The molecule has 0 amide bonds. The van der Waals surface area contributed by atoms with E-state index in [0.29, 0.717) is 0 Å². The van der Waals surface area contributed by atoms with Crippen LogP contribution in [0.2, 0.25) is 0 Å². The van der Waals surface area contributed by atoms with Crippen molar-refractivity contribution in [2.45, 2.75) is 12.2 Å². The van der Waals surface area contributed by atoms with Crippen molar-refractivity contribution in [1.82, 2.24) is 0 Å². The molecule has 7 heteroatoms. The highest BCUT2D eigenvalue weighted by Crippen LogP contribution is 2.00. The minimum absolute atomic E-state index is 0.550. The number of sulfone groups is 1. The lowest BCUT2D eigenvalue weighted by Crippen LogP contribution is -2.25. The molecule has 5 nitrogen and oxygen atoms in total. The Hall–Kier alpha value is -0.140. The first-order valence-corrected chi connectivity index (χ1v) is 6.33. The molecule has 0 saturated heterocycles. The lowest BCUT2D eigenvalue weighted by Gasteiger charge is -2.04. The van der Waals surface area contributed by atoms with Gasteiger partial charge in [-0.1, -0.05) is 0 Å². The normalized spacial score (nSPS) is 16.3. The van der Waals surface area contributed by atoms with Crippen molar-refractivity contribution in [3.8, 4) is 0 Å². The van der Waals surface area contributed by atoms with Gasteiger partial charge >= 0.3 is 0 Å². The minimum Gasteiger partial charge on any atom is -0.285 e. The van der Waals surface area contributed by atoms with Crippen LogP contribution in [0.1, 0.15) is 6.92 Å². The standard InChI is InChI=1S/C4H10O5S2/c1-4(11(7,8)9)3-10(2,5)6/h4H,3H2,1-2H3,(H,7,8,9)/t4-/m0/s1. The molecule has 0 rings (SSSR count). The van der Waals surface area contributed by atoms with E-state index in [0.717, 1.165) is 13.2 Å². The van der Waals surface area contributed by atoms with Crippen molar-refractivity contribution in [2.24, 2.45) is 0 Å². The molecule has 0 aromatic heterocycles. The van der Waals surface area contributed by atoms with Crippen molar-refractivity contribution in [3.05, 3.63) is 0 Å². The Kier molecular flexibility index (Phi) is 3.04. The van der Waals surface area contributed by atoms with E-state index in [-0.39, 0.29) is 0 Å². The molecule has 1 atom stereocenters. The van der Waals surface area contributed by atoms with Crippen molar-refractivity contribution in [3.63, 3.8) is 0 Å². The third kappa shape index (κ3) is 5.16. The van der Waals surface area contributed by atoms with Crippen LogP contribution in [0.15, 0.2) is 0 Å². The molecule has 0 aliphatic carbocycles. The summed E-state index contributed by atoms with van der Waals surface area (Å²) in [7, 11) is -7.56. The summed E-state index contributed by atoms with van der Waals surface area (Å²) in [6.45, 7) is 1.14. The topological polar surface area (TPSA) is 88.5 Å². The van der Waals surface area contributed by atoms with Gasteiger partial charge in [-0.3, -0.25) is 4.55 Å². The van der Waals surface area contributed by atoms with Crippen molar-refractivity contribution in [1.29, 1.82) is 0 Å². The molecule has 0 aromatic carbocycles. The van der Waals surface area contributed by atoms with E-state index in [1.807, 2.05) is 0 Å². The molecule has 0 aliphatic rings. The van der Waals surface area contributed by atoms with Gasteiger partial charge in [0, 0.05) is 6.26 Å². The molecule has 68 valence electrons. The van der Waals surface area contributed by atoms with Gasteiger partial charge in [0.05, 0.1) is 11.0 Å². The lowest BCUT2D eigenvalue weighted by atomic mass is 10.6. The van der Waals surface area contributed by atoms with E-state index < -0.39 is 31.0 Å². The molecule has 0 fully saturated rings. The van der Waals surface area contributed by atoms with Crippen LogP contribution in [0.3, 0.4) is 0 Å². The summed E-state index contributed by atoms with van der Waals surface area (Å²) in [5.41, 5.74) is 0.